The number of rotatable bonds is 3. The largest absolute Gasteiger partial charge is 0.399 e. The number of hydrogen-bond acceptors (Lipinski definition) is 3. The van der Waals surface area contributed by atoms with Gasteiger partial charge in [-0.25, -0.2) is 0 Å². The zero-order valence-corrected chi connectivity index (χ0v) is 8.57. The van der Waals surface area contributed by atoms with E-state index >= 15 is 0 Å². The first-order valence-electron chi connectivity index (χ1n) is 4.34. The number of ketones is 1. The van der Waals surface area contributed by atoms with E-state index in [0.29, 0.717) is 5.71 Å². The molecule has 0 unspecified atom stereocenters. The molecule has 3 nitrogen and oxygen atoms in total. The monoisotopic (exact) mass is 191 g/mol. The van der Waals surface area contributed by atoms with Gasteiger partial charge in [0, 0.05) is 12.5 Å². The Balaban J connectivity index is 3.06. The lowest BCUT2D eigenvalue weighted by atomic mass is 10.1. The molecule has 0 N–H and O–H groups in total. The number of hydrogen-bond donors (Lipinski definition) is 0. The van der Waals surface area contributed by atoms with Gasteiger partial charge in [-0.15, -0.1) is 0 Å². The molecule has 0 bridgehead atoms. The van der Waals surface area contributed by atoms with Gasteiger partial charge in [-0.3, -0.25) is 4.79 Å². The second-order valence-corrected chi connectivity index (χ2v) is 3.04. The standard InChI is InChI=1S/C11H13NO2/c1-8-4-6-10(7-5-8)11(9(2)13)12-14-3/h4-7H,1-3H3/b12-11-. The predicted octanol–water partition coefficient (Wildman–Crippen LogP) is 1.93. The first-order valence-corrected chi connectivity index (χ1v) is 4.34. The first kappa shape index (κ1) is 10.4. The minimum absolute atomic E-state index is 0.101. The van der Waals surface area contributed by atoms with E-state index in [1.807, 2.05) is 31.2 Å². The number of aryl methyl sites for hydroxylation is 1. The fourth-order valence-corrected chi connectivity index (χ4v) is 1.12. The summed E-state index contributed by atoms with van der Waals surface area (Å²) < 4.78 is 0. The highest BCUT2D eigenvalue weighted by molar-refractivity contribution is 6.45. The molecular formula is C11H13NO2. The smallest absolute Gasteiger partial charge is 0.182 e. The Morgan fingerprint density at radius 2 is 1.86 bits per heavy atom. The number of oxime groups is 1. The highest BCUT2D eigenvalue weighted by Crippen LogP contribution is 2.05. The van der Waals surface area contributed by atoms with Gasteiger partial charge < -0.3 is 4.84 Å². The molecule has 0 heterocycles. The Bertz CT molecular complexity index is 352. The van der Waals surface area contributed by atoms with Crippen molar-refractivity contribution >= 4 is 11.5 Å². The number of Topliss-reactive ketones (excluding diaryl/α,β-unsaturated/α-hetero) is 1. The van der Waals surface area contributed by atoms with Crippen LogP contribution in [0.1, 0.15) is 18.1 Å². The van der Waals surface area contributed by atoms with E-state index in [4.69, 9.17) is 0 Å². The third kappa shape index (κ3) is 2.42. The van der Waals surface area contributed by atoms with Gasteiger partial charge in [-0.2, -0.15) is 0 Å². The van der Waals surface area contributed by atoms with Crippen LogP contribution in [-0.2, 0) is 9.63 Å². The van der Waals surface area contributed by atoms with Gasteiger partial charge in [0.05, 0.1) is 0 Å². The molecule has 0 atom stereocenters. The van der Waals surface area contributed by atoms with Crippen molar-refractivity contribution in [3.8, 4) is 0 Å². The maximum atomic E-state index is 11.2. The molecule has 0 aliphatic rings. The van der Waals surface area contributed by atoms with Crippen molar-refractivity contribution in [1.82, 2.24) is 0 Å². The minimum Gasteiger partial charge on any atom is -0.399 e. The van der Waals surface area contributed by atoms with Crippen LogP contribution in [0.2, 0.25) is 0 Å². The number of carbonyl (C=O) groups excluding carboxylic acids is 1. The summed E-state index contributed by atoms with van der Waals surface area (Å²) in [5, 5.41) is 3.69. The lowest BCUT2D eigenvalue weighted by Gasteiger charge is -2.01. The summed E-state index contributed by atoms with van der Waals surface area (Å²) >= 11 is 0. The fraction of sp³-hybridized carbons (Fsp3) is 0.273. The van der Waals surface area contributed by atoms with Crippen molar-refractivity contribution in [2.45, 2.75) is 13.8 Å². The van der Waals surface area contributed by atoms with Gasteiger partial charge in [0.25, 0.3) is 0 Å². The van der Waals surface area contributed by atoms with Crippen molar-refractivity contribution < 1.29 is 9.63 Å². The maximum absolute atomic E-state index is 11.2. The second-order valence-electron chi connectivity index (χ2n) is 3.04. The van der Waals surface area contributed by atoms with E-state index in [0.717, 1.165) is 11.1 Å². The van der Waals surface area contributed by atoms with Gasteiger partial charge in [0.2, 0.25) is 0 Å². The van der Waals surface area contributed by atoms with E-state index in [-0.39, 0.29) is 5.78 Å². The van der Waals surface area contributed by atoms with Crippen LogP contribution in [0.3, 0.4) is 0 Å². The zero-order valence-electron chi connectivity index (χ0n) is 8.57. The summed E-state index contributed by atoms with van der Waals surface area (Å²) in [5.41, 5.74) is 2.28. The van der Waals surface area contributed by atoms with Crippen LogP contribution in [-0.4, -0.2) is 18.6 Å². The molecule has 0 fully saturated rings. The Morgan fingerprint density at radius 1 is 1.29 bits per heavy atom. The molecule has 74 valence electrons. The van der Waals surface area contributed by atoms with E-state index in [9.17, 15) is 4.79 Å². The molecular weight excluding hydrogens is 178 g/mol. The van der Waals surface area contributed by atoms with E-state index in [1.54, 1.807) is 0 Å². The molecule has 0 aliphatic heterocycles. The van der Waals surface area contributed by atoms with Crippen molar-refractivity contribution in [2.24, 2.45) is 5.16 Å². The van der Waals surface area contributed by atoms with Crippen LogP contribution in [0.15, 0.2) is 29.4 Å². The van der Waals surface area contributed by atoms with Gasteiger partial charge in [0.15, 0.2) is 11.5 Å². The average Bonchev–Trinajstić information content (AvgIpc) is 2.15. The van der Waals surface area contributed by atoms with E-state index in [2.05, 4.69) is 9.99 Å². The summed E-state index contributed by atoms with van der Waals surface area (Å²) in [6, 6.07) is 7.58. The molecule has 0 aromatic heterocycles. The van der Waals surface area contributed by atoms with Crippen molar-refractivity contribution in [3.63, 3.8) is 0 Å². The lowest BCUT2D eigenvalue weighted by Crippen LogP contribution is -2.11. The second kappa shape index (κ2) is 4.56. The summed E-state index contributed by atoms with van der Waals surface area (Å²) in [5.74, 6) is -0.101. The van der Waals surface area contributed by atoms with Crippen LogP contribution < -0.4 is 0 Å². The Labute approximate surface area is 83.4 Å². The highest BCUT2D eigenvalue weighted by atomic mass is 16.6. The van der Waals surface area contributed by atoms with Crippen molar-refractivity contribution in [1.29, 1.82) is 0 Å². The van der Waals surface area contributed by atoms with Crippen LogP contribution in [0.4, 0.5) is 0 Å². The topological polar surface area (TPSA) is 38.7 Å². The quantitative estimate of drug-likeness (QED) is 0.541. The van der Waals surface area contributed by atoms with Crippen LogP contribution in [0.25, 0.3) is 0 Å². The maximum Gasteiger partial charge on any atom is 0.182 e. The zero-order chi connectivity index (χ0) is 10.6. The molecule has 14 heavy (non-hydrogen) atoms. The molecule has 0 radical (unpaired) electrons. The average molecular weight is 191 g/mol. The van der Waals surface area contributed by atoms with E-state index in [1.165, 1.54) is 14.0 Å². The lowest BCUT2D eigenvalue weighted by molar-refractivity contribution is -0.111. The Kier molecular flexibility index (Phi) is 3.40. The van der Waals surface area contributed by atoms with Gasteiger partial charge in [-0.1, -0.05) is 35.0 Å². The number of benzene rings is 1. The van der Waals surface area contributed by atoms with Crippen molar-refractivity contribution in [3.05, 3.63) is 35.4 Å². The molecule has 1 aromatic carbocycles. The predicted molar refractivity (Wildman–Crippen MR) is 55.4 cm³/mol. The van der Waals surface area contributed by atoms with Crippen LogP contribution >= 0.6 is 0 Å². The fourth-order valence-electron chi connectivity index (χ4n) is 1.12. The summed E-state index contributed by atoms with van der Waals surface area (Å²) in [4.78, 5) is 15.8. The molecule has 0 saturated heterocycles. The summed E-state index contributed by atoms with van der Waals surface area (Å²) in [6.45, 7) is 3.46. The molecule has 0 amide bonds. The van der Waals surface area contributed by atoms with Crippen LogP contribution in [0, 0.1) is 6.92 Å². The van der Waals surface area contributed by atoms with Gasteiger partial charge in [0.1, 0.15) is 7.11 Å². The molecule has 1 aromatic rings. The molecule has 0 spiro atoms. The van der Waals surface area contributed by atoms with Crippen molar-refractivity contribution in [2.75, 3.05) is 7.11 Å². The molecule has 3 heteroatoms. The SMILES string of the molecule is CO/N=C(/C(C)=O)c1ccc(C)cc1. The number of nitrogens with zero attached hydrogens (tertiary/aromatic N) is 1. The van der Waals surface area contributed by atoms with E-state index < -0.39 is 0 Å². The Hall–Kier alpha value is -1.64. The normalized spacial score (nSPS) is 11.2. The van der Waals surface area contributed by atoms with Gasteiger partial charge >= 0.3 is 0 Å². The Morgan fingerprint density at radius 3 is 2.29 bits per heavy atom. The molecule has 1 rings (SSSR count). The molecule has 0 aliphatic carbocycles. The third-order valence-electron chi connectivity index (χ3n) is 1.84. The van der Waals surface area contributed by atoms with Gasteiger partial charge in [-0.05, 0) is 6.92 Å². The minimum atomic E-state index is -0.101. The van der Waals surface area contributed by atoms with Crippen LogP contribution in [0.5, 0.6) is 0 Å². The summed E-state index contributed by atoms with van der Waals surface area (Å²) in [6.07, 6.45) is 0. The summed E-state index contributed by atoms with van der Waals surface area (Å²) in [7, 11) is 1.43. The number of carbonyl (C=O) groups is 1. The first-order chi connectivity index (χ1) is 6.65. The highest BCUT2D eigenvalue weighted by Gasteiger charge is 2.09. The third-order valence-corrected chi connectivity index (χ3v) is 1.84. The molecule has 0 saturated carbocycles.